The summed E-state index contributed by atoms with van der Waals surface area (Å²) in [6.07, 6.45) is 0. The van der Waals surface area contributed by atoms with Gasteiger partial charge in [0.05, 0.1) is 0 Å². The summed E-state index contributed by atoms with van der Waals surface area (Å²) in [5.41, 5.74) is 9.59. The van der Waals surface area contributed by atoms with Crippen LogP contribution in [0.15, 0.2) is 33.8 Å². The van der Waals surface area contributed by atoms with Crippen molar-refractivity contribution >= 4 is 36.6 Å². The van der Waals surface area contributed by atoms with Crippen LogP contribution in [0.1, 0.15) is 41.5 Å². The van der Waals surface area contributed by atoms with E-state index in [1.807, 2.05) is 58.6 Å². The highest BCUT2D eigenvalue weighted by Gasteiger charge is 2.26. The molecule has 0 radical (unpaired) electrons. The Morgan fingerprint density at radius 2 is 0.864 bits per heavy atom. The van der Waals surface area contributed by atoms with Crippen LogP contribution in [0.25, 0.3) is 0 Å². The van der Waals surface area contributed by atoms with Gasteiger partial charge in [-0.3, -0.25) is 13.7 Å². The van der Waals surface area contributed by atoms with Crippen LogP contribution in [0.2, 0.25) is 0 Å². The van der Waals surface area contributed by atoms with Crippen molar-refractivity contribution in [3.05, 3.63) is 33.8 Å². The maximum absolute atomic E-state index is 5.12. The van der Waals surface area contributed by atoms with E-state index in [-0.39, 0.29) is 0 Å². The van der Waals surface area contributed by atoms with Crippen molar-refractivity contribution in [3.8, 4) is 0 Å². The quantitative estimate of drug-likeness (QED) is 0.222. The molecule has 22 heavy (non-hydrogen) atoms. The molecule has 0 rings (SSSR count). The zero-order valence-corrected chi connectivity index (χ0v) is 18.6. The second kappa shape index (κ2) is 14.3. The molecule has 0 aromatic heterocycles. The Hall–Kier alpha value is -0.304. The molecule has 0 aliphatic rings. The molecule has 0 unspecified atom stereocenters. The van der Waals surface area contributed by atoms with Crippen molar-refractivity contribution in [3.63, 3.8) is 0 Å². The summed E-state index contributed by atoms with van der Waals surface area (Å²) in [5.74, 6) is 0. The summed E-state index contributed by atoms with van der Waals surface area (Å²) >= 11 is 0. The molecule has 126 valence electrons. The monoisotopic (exact) mass is 362 g/mol. The summed E-state index contributed by atoms with van der Waals surface area (Å²) in [7, 11) is -3.89. The normalized spacial score (nSPS) is 11.7. The molecule has 0 atom stereocenters. The fourth-order valence-electron chi connectivity index (χ4n) is 0.935. The molecular formula is C12H27BO6Si3. The van der Waals surface area contributed by atoms with E-state index in [0.717, 1.165) is 0 Å². The second-order valence-electron chi connectivity index (χ2n) is 5.28. The van der Waals surface area contributed by atoms with Crippen molar-refractivity contribution < 1.29 is 28.1 Å². The summed E-state index contributed by atoms with van der Waals surface area (Å²) in [6, 6.07) is 0. The lowest BCUT2D eigenvalue weighted by Gasteiger charge is -2.11. The predicted octanol–water partition coefficient (Wildman–Crippen LogP) is 0.838. The highest BCUT2D eigenvalue weighted by atomic mass is 28.2. The van der Waals surface area contributed by atoms with E-state index >= 15 is 0 Å². The van der Waals surface area contributed by atoms with Crippen LogP contribution >= 0.6 is 0 Å². The first-order chi connectivity index (χ1) is 10.4. The fraction of sp³-hybridized carbons (Fsp3) is 0.500. The molecule has 0 aromatic carbocycles. The van der Waals surface area contributed by atoms with E-state index < -0.39 is 36.6 Å². The molecule has 0 spiro atoms. The summed E-state index contributed by atoms with van der Waals surface area (Å²) < 4.78 is 15.3. The third kappa shape index (κ3) is 16.1. The SMILES string of the molecule is CC(C)=C[SiH2]OOB(OO[SiH2]C=C(C)C)OO[SiH2]C=C(C)C. The van der Waals surface area contributed by atoms with Gasteiger partial charge in [-0.1, -0.05) is 33.8 Å². The molecule has 0 saturated heterocycles. The molecule has 0 saturated carbocycles. The highest BCUT2D eigenvalue weighted by Crippen LogP contribution is 1.98. The van der Waals surface area contributed by atoms with E-state index in [0.29, 0.717) is 0 Å². The topological polar surface area (TPSA) is 55.4 Å². The summed E-state index contributed by atoms with van der Waals surface area (Å²) in [6.45, 7) is 12.0. The lowest BCUT2D eigenvalue weighted by Crippen LogP contribution is -2.29. The molecule has 0 aromatic rings. The van der Waals surface area contributed by atoms with Crippen LogP contribution in [0.4, 0.5) is 0 Å². The Morgan fingerprint density at radius 3 is 1.09 bits per heavy atom. The van der Waals surface area contributed by atoms with Gasteiger partial charge in [-0.2, -0.15) is 0 Å². The predicted molar refractivity (Wildman–Crippen MR) is 96.2 cm³/mol. The molecule has 0 aliphatic carbocycles. The van der Waals surface area contributed by atoms with Gasteiger partial charge >= 0.3 is 7.32 Å². The number of hydrogen-bond donors (Lipinski definition) is 0. The van der Waals surface area contributed by atoms with Gasteiger partial charge in [-0.15, -0.1) is 0 Å². The number of rotatable bonds is 12. The third-order valence-electron chi connectivity index (χ3n) is 2.12. The van der Waals surface area contributed by atoms with E-state index in [1.54, 1.807) is 0 Å². The smallest absolute Gasteiger partial charge is 0.300 e. The minimum absolute atomic E-state index is 0.918. The summed E-state index contributed by atoms with van der Waals surface area (Å²) in [5, 5.41) is 0. The van der Waals surface area contributed by atoms with Crippen LogP contribution in [-0.4, -0.2) is 36.6 Å². The van der Waals surface area contributed by atoms with E-state index in [2.05, 4.69) is 0 Å². The van der Waals surface area contributed by atoms with Crippen LogP contribution < -0.4 is 0 Å². The Labute approximate surface area is 140 Å². The molecule has 0 bridgehead atoms. The molecule has 0 fully saturated rings. The van der Waals surface area contributed by atoms with Crippen molar-refractivity contribution in [2.24, 2.45) is 0 Å². The Morgan fingerprint density at radius 1 is 0.591 bits per heavy atom. The molecule has 0 aliphatic heterocycles. The van der Waals surface area contributed by atoms with Crippen LogP contribution in [0.5, 0.6) is 0 Å². The Kier molecular flexibility index (Phi) is 14.1. The molecule has 6 nitrogen and oxygen atoms in total. The van der Waals surface area contributed by atoms with Gasteiger partial charge < -0.3 is 0 Å². The maximum atomic E-state index is 5.12. The molecular weight excluding hydrogens is 335 g/mol. The van der Waals surface area contributed by atoms with Crippen molar-refractivity contribution in [2.75, 3.05) is 0 Å². The van der Waals surface area contributed by atoms with E-state index in [9.17, 15) is 0 Å². The van der Waals surface area contributed by atoms with Gasteiger partial charge in [0.1, 0.15) is 0 Å². The first-order valence-corrected chi connectivity index (χ1v) is 11.3. The summed E-state index contributed by atoms with van der Waals surface area (Å²) in [4.78, 5) is 15.1. The molecule has 0 amide bonds. The standard InChI is InChI=1S/C12H27BO6Si3/c1-10(2)7-20-17-14-13(15-18-21-8-11(3)4)16-19-22-9-12(5)6/h7-9H,20-22H2,1-6H3. The van der Waals surface area contributed by atoms with Gasteiger partial charge in [0.15, 0.2) is 0 Å². The van der Waals surface area contributed by atoms with Crippen molar-refractivity contribution in [1.29, 1.82) is 0 Å². The Bertz CT molecular complexity index is 320. The molecule has 10 heteroatoms. The lowest BCUT2D eigenvalue weighted by molar-refractivity contribution is -0.264. The highest BCUT2D eigenvalue weighted by molar-refractivity contribution is 6.40. The zero-order chi connectivity index (χ0) is 16.8. The molecule has 0 N–H and O–H groups in total. The van der Waals surface area contributed by atoms with Gasteiger partial charge in [0, 0.05) is 0 Å². The van der Waals surface area contributed by atoms with Crippen molar-refractivity contribution in [2.45, 2.75) is 41.5 Å². The minimum Gasteiger partial charge on any atom is -0.300 e. The second-order valence-corrected chi connectivity index (χ2v) is 8.21. The van der Waals surface area contributed by atoms with Gasteiger partial charge in [-0.25, -0.2) is 14.4 Å². The fourth-order valence-corrected chi connectivity index (χ4v) is 2.71. The van der Waals surface area contributed by atoms with E-state index in [1.165, 1.54) is 16.7 Å². The third-order valence-corrected chi connectivity index (χ3v) is 5.88. The van der Waals surface area contributed by atoms with Gasteiger partial charge in [-0.05, 0) is 41.5 Å². The van der Waals surface area contributed by atoms with Crippen LogP contribution in [-0.2, 0) is 28.1 Å². The van der Waals surface area contributed by atoms with Crippen molar-refractivity contribution in [1.82, 2.24) is 0 Å². The average Bonchev–Trinajstić information content (AvgIpc) is 2.42. The number of allylic oxidation sites excluding steroid dienone is 3. The lowest BCUT2D eigenvalue weighted by atomic mass is 10.3. The van der Waals surface area contributed by atoms with E-state index in [4.69, 9.17) is 28.1 Å². The number of hydrogen-bond acceptors (Lipinski definition) is 6. The average molecular weight is 362 g/mol. The largest absolute Gasteiger partial charge is 0.722 e. The zero-order valence-electron chi connectivity index (χ0n) is 14.4. The maximum Gasteiger partial charge on any atom is 0.722 e. The van der Waals surface area contributed by atoms with Gasteiger partial charge in [0.2, 0.25) is 29.3 Å². The van der Waals surface area contributed by atoms with Crippen LogP contribution in [0, 0.1) is 0 Å². The minimum atomic E-state index is -1.13. The molecule has 0 heterocycles. The first kappa shape index (κ1) is 21.7. The van der Waals surface area contributed by atoms with Crippen LogP contribution in [0.3, 0.4) is 0 Å². The van der Waals surface area contributed by atoms with Gasteiger partial charge in [0.25, 0.3) is 0 Å². The first-order valence-electron chi connectivity index (χ1n) is 7.16. The Balaban J connectivity index is 4.09.